The molecule has 5 heteroatoms. The molecule has 0 saturated heterocycles. The highest BCUT2D eigenvalue weighted by molar-refractivity contribution is 9.11. The maximum atomic E-state index is 5.44. The summed E-state index contributed by atoms with van der Waals surface area (Å²) in [6, 6.07) is 6.07. The van der Waals surface area contributed by atoms with Crippen LogP contribution >= 0.6 is 31.9 Å². The smallest absolute Gasteiger partial charge is 0.105 e. The van der Waals surface area contributed by atoms with E-state index in [2.05, 4.69) is 49.1 Å². The van der Waals surface area contributed by atoms with Gasteiger partial charge in [-0.05, 0) is 63.0 Å². The standard InChI is InChI=1S/C14H16Br2N2O/c1-2-5-17-13(8-11-4-3-6-19-11)14-12(16)7-10(15)9-18-14/h3-4,6-7,9,13,17H,2,5,8H2,1H3. The van der Waals surface area contributed by atoms with Crippen molar-refractivity contribution < 1.29 is 4.42 Å². The van der Waals surface area contributed by atoms with Crippen molar-refractivity contribution in [2.75, 3.05) is 6.54 Å². The number of nitrogens with zero attached hydrogens (tertiary/aromatic N) is 1. The largest absolute Gasteiger partial charge is 0.469 e. The Bertz CT molecular complexity index is 514. The Morgan fingerprint density at radius 3 is 2.89 bits per heavy atom. The lowest BCUT2D eigenvalue weighted by molar-refractivity contribution is 0.443. The predicted molar refractivity (Wildman–Crippen MR) is 83.1 cm³/mol. The molecule has 1 atom stereocenters. The van der Waals surface area contributed by atoms with Gasteiger partial charge in [-0.2, -0.15) is 0 Å². The molecule has 0 spiro atoms. The van der Waals surface area contributed by atoms with Crippen LogP contribution in [0.15, 0.2) is 44.0 Å². The average molecular weight is 388 g/mol. The maximum absolute atomic E-state index is 5.44. The van der Waals surface area contributed by atoms with E-state index in [0.717, 1.165) is 39.8 Å². The lowest BCUT2D eigenvalue weighted by Gasteiger charge is -2.18. The van der Waals surface area contributed by atoms with E-state index in [9.17, 15) is 0 Å². The Labute approximate surface area is 130 Å². The number of aromatic nitrogens is 1. The Morgan fingerprint density at radius 1 is 1.42 bits per heavy atom. The summed E-state index contributed by atoms with van der Waals surface area (Å²) in [7, 11) is 0. The molecule has 0 amide bonds. The summed E-state index contributed by atoms with van der Waals surface area (Å²) in [6.07, 6.45) is 5.40. The molecule has 0 bridgehead atoms. The van der Waals surface area contributed by atoms with E-state index in [4.69, 9.17) is 4.42 Å². The molecule has 0 aliphatic rings. The van der Waals surface area contributed by atoms with Gasteiger partial charge in [-0.25, -0.2) is 0 Å². The topological polar surface area (TPSA) is 38.1 Å². The summed E-state index contributed by atoms with van der Waals surface area (Å²) in [5.74, 6) is 0.963. The third-order valence-corrected chi connectivity index (χ3v) is 3.86. The van der Waals surface area contributed by atoms with Crippen molar-refractivity contribution in [2.45, 2.75) is 25.8 Å². The molecule has 2 heterocycles. The minimum atomic E-state index is 0.147. The van der Waals surface area contributed by atoms with Crippen molar-refractivity contribution in [1.29, 1.82) is 0 Å². The van der Waals surface area contributed by atoms with Crippen molar-refractivity contribution >= 4 is 31.9 Å². The number of furan rings is 1. The van der Waals surface area contributed by atoms with Crippen molar-refractivity contribution in [3.8, 4) is 0 Å². The monoisotopic (exact) mass is 386 g/mol. The van der Waals surface area contributed by atoms with Gasteiger partial charge < -0.3 is 9.73 Å². The highest BCUT2D eigenvalue weighted by Gasteiger charge is 2.17. The van der Waals surface area contributed by atoms with Gasteiger partial charge in [0.05, 0.1) is 18.0 Å². The number of pyridine rings is 1. The van der Waals surface area contributed by atoms with Crippen LogP contribution < -0.4 is 5.32 Å². The summed E-state index contributed by atoms with van der Waals surface area (Å²) >= 11 is 7.01. The molecule has 0 fully saturated rings. The number of rotatable bonds is 6. The van der Waals surface area contributed by atoms with Gasteiger partial charge in [-0.1, -0.05) is 6.92 Å². The van der Waals surface area contributed by atoms with Crippen LogP contribution in [0.1, 0.15) is 30.8 Å². The summed E-state index contributed by atoms with van der Waals surface area (Å²) in [5, 5.41) is 3.52. The Morgan fingerprint density at radius 2 is 2.26 bits per heavy atom. The van der Waals surface area contributed by atoms with Gasteiger partial charge in [0.1, 0.15) is 5.76 Å². The SMILES string of the molecule is CCCNC(Cc1ccco1)c1ncc(Br)cc1Br. The van der Waals surface area contributed by atoms with Crippen LogP contribution in [0.25, 0.3) is 0 Å². The summed E-state index contributed by atoms with van der Waals surface area (Å²) in [4.78, 5) is 4.51. The van der Waals surface area contributed by atoms with E-state index in [-0.39, 0.29) is 6.04 Å². The second kappa shape index (κ2) is 7.22. The molecule has 0 aliphatic heterocycles. The minimum Gasteiger partial charge on any atom is -0.469 e. The highest BCUT2D eigenvalue weighted by Crippen LogP contribution is 2.27. The van der Waals surface area contributed by atoms with E-state index in [1.807, 2.05) is 24.4 Å². The number of hydrogen-bond acceptors (Lipinski definition) is 3. The molecular formula is C14H16Br2N2O. The molecule has 3 nitrogen and oxygen atoms in total. The normalized spacial score (nSPS) is 12.6. The molecule has 0 aromatic carbocycles. The van der Waals surface area contributed by atoms with E-state index >= 15 is 0 Å². The van der Waals surface area contributed by atoms with Crippen molar-refractivity contribution in [1.82, 2.24) is 10.3 Å². The average Bonchev–Trinajstić information content (AvgIpc) is 2.88. The van der Waals surface area contributed by atoms with Gasteiger partial charge in [0, 0.05) is 21.6 Å². The Kier molecular flexibility index (Phi) is 5.60. The fourth-order valence-corrected chi connectivity index (χ4v) is 3.16. The Hall–Kier alpha value is -0.650. The second-order valence-electron chi connectivity index (χ2n) is 4.31. The molecule has 2 rings (SSSR count). The van der Waals surface area contributed by atoms with Crippen LogP contribution in [0.4, 0.5) is 0 Å². The van der Waals surface area contributed by atoms with E-state index < -0.39 is 0 Å². The minimum absolute atomic E-state index is 0.147. The van der Waals surface area contributed by atoms with Gasteiger partial charge in [-0.15, -0.1) is 0 Å². The van der Waals surface area contributed by atoms with Gasteiger partial charge in [0.15, 0.2) is 0 Å². The van der Waals surface area contributed by atoms with Crippen molar-refractivity contribution in [2.24, 2.45) is 0 Å². The van der Waals surface area contributed by atoms with Crippen LogP contribution in [0.2, 0.25) is 0 Å². The molecule has 1 N–H and O–H groups in total. The van der Waals surface area contributed by atoms with Gasteiger partial charge >= 0.3 is 0 Å². The van der Waals surface area contributed by atoms with E-state index in [0.29, 0.717) is 0 Å². The van der Waals surface area contributed by atoms with Crippen LogP contribution in [0.3, 0.4) is 0 Å². The fourth-order valence-electron chi connectivity index (χ4n) is 1.90. The summed E-state index contributed by atoms with van der Waals surface area (Å²) in [5.41, 5.74) is 1.01. The number of hydrogen-bond donors (Lipinski definition) is 1. The van der Waals surface area contributed by atoms with Gasteiger partial charge in [0.2, 0.25) is 0 Å². The first kappa shape index (κ1) is 14.8. The zero-order valence-corrected chi connectivity index (χ0v) is 13.9. The van der Waals surface area contributed by atoms with Crippen LogP contribution in [0, 0.1) is 0 Å². The molecule has 1 unspecified atom stereocenters. The first-order chi connectivity index (χ1) is 9.20. The quantitative estimate of drug-likeness (QED) is 0.793. The first-order valence-electron chi connectivity index (χ1n) is 6.27. The molecule has 19 heavy (non-hydrogen) atoms. The molecule has 0 saturated carbocycles. The molecule has 0 radical (unpaired) electrons. The second-order valence-corrected chi connectivity index (χ2v) is 6.08. The third-order valence-electron chi connectivity index (χ3n) is 2.79. The van der Waals surface area contributed by atoms with Crippen molar-refractivity contribution in [3.63, 3.8) is 0 Å². The van der Waals surface area contributed by atoms with Gasteiger partial charge in [0.25, 0.3) is 0 Å². The van der Waals surface area contributed by atoms with E-state index in [1.54, 1.807) is 6.26 Å². The Balaban J connectivity index is 2.20. The lowest BCUT2D eigenvalue weighted by atomic mass is 10.1. The molecule has 2 aromatic heterocycles. The molecule has 102 valence electrons. The van der Waals surface area contributed by atoms with Crippen LogP contribution in [-0.2, 0) is 6.42 Å². The molecule has 2 aromatic rings. The number of nitrogens with one attached hydrogen (secondary N) is 1. The molecular weight excluding hydrogens is 372 g/mol. The van der Waals surface area contributed by atoms with Gasteiger partial charge in [-0.3, -0.25) is 4.98 Å². The fraction of sp³-hybridized carbons (Fsp3) is 0.357. The highest BCUT2D eigenvalue weighted by atomic mass is 79.9. The summed E-state index contributed by atoms with van der Waals surface area (Å²) in [6.45, 7) is 3.11. The maximum Gasteiger partial charge on any atom is 0.105 e. The first-order valence-corrected chi connectivity index (χ1v) is 7.86. The lowest BCUT2D eigenvalue weighted by Crippen LogP contribution is -2.25. The summed E-state index contributed by atoms with van der Waals surface area (Å²) < 4.78 is 7.41. The zero-order valence-electron chi connectivity index (χ0n) is 10.7. The van der Waals surface area contributed by atoms with Crippen LogP contribution in [0.5, 0.6) is 0 Å². The van der Waals surface area contributed by atoms with E-state index in [1.165, 1.54) is 0 Å². The zero-order chi connectivity index (χ0) is 13.7. The molecule has 0 aliphatic carbocycles. The third kappa shape index (κ3) is 4.16. The number of halogens is 2. The van der Waals surface area contributed by atoms with Crippen LogP contribution in [-0.4, -0.2) is 11.5 Å². The van der Waals surface area contributed by atoms with Crippen molar-refractivity contribution in [3.05, 3.63) is 51.1 Å². The predicted octanol–water partition coefficient (Wildman–Crippen LogP) is 4.48.